The lowest BCUT2D eigenvalue weighted by molar-refractivity contribution is -0.144. The molecule has 0 N–H and O–H groups in total. The zero-order chi connectivity index (χ0) is 32.4. The van der Waals surface area contributed by atoms with Crippen LogP contribution in [-0.4, -0.2) is 43.5 Å². The Kier molecular flexibility index (Phi) is 13.6. The highest BCUT2D eigenvalue weighted by Crippen LogP contribution is 2.25. The van der Waals surface area contributed by atoms with Crippen LogP contribution in [0.3, 0.4) is 0 Å². The van der Waals surface area contributed by atoms with Gasteiger partial charge in [-0.1, -0.05) is 62.2 Å². The maximum absolute atomic E-state index is 12.3. The third-order valence-electron chi connectivity index (χ3n) is 6.12. The fraction of sp³-hybridized carbons (Fsp3) is 0.167. The van der Waals surface area contributed by atoms with Gasteiger partial charge in [0, 0.05) is 6.08 Å². The highest BCUT2D eigenvalue weighted by atomic mass is 16.5. The predicted octanol–water partition coefficient (Wildman–Crippen LogP) is 6.44. The van der Waals surface area contributed by atoms with Crippen molar-refractivity contribution in [1.82, 2.24) is 0 Å². The molecule has 9 nitrogen and oxygen atoms in total. The van der Waals surface area contributed by atoms with E-state index < -0.39 is 23.7 Å². The number of hydrogen-bond acceptors (Lipinski definition) is 9. The Labute approximate surface area is 262 Å². The van der Waals surface area contributed by atoms with E-state index in [1.807, 2.05) is 48.5 Å². The minimum Gasteiger partial charge on any atom is -0.494 e. The molecule has 0 saturated carbocycles. The van der Waals surface area contributed by atoms with Crippen molar-refractivity contribution < 1.29 is 42.9 Å². The normalized spacial score (nSPS) is 10.4. The Morgan fingerprint density at radius 1 is 0.667 bits per heavy atom. The quantitative estimate of drug-likeness (QED) is 0.0305. The molecule has 0 amide bonds. The maximum Gasteiger partial charge on any atom is 0.384 e. The number of carbonyl (C=O) groups is 4. The molecule has 0 fully saturated rings. The van der Waals surface area contributed by atoms with Crippen LogP contribution in [0.2, 0.25) is 0 Å². The standard InChI is InChI=1S/C36H34O9/c1-4-34(38)44-24-7-6-23-42-31-17-19-32(20-18-31)45-36(40)33(37)21-8-26(3)27-9-11-28(12-10-27)29-13-15-30(16-14-29)43-25-22-35(39)41-5-2/h4-5,8-21H,1-3,6-7,22-25H2/b21-8-. The van der Waals surface area contributed by atoms with Crippen LogP contribution in [-0.2, 0) is 28.7 Å². The number of allylic oxidation sites excluding steroid dienone is 2. The van der Waals surface area contributed by atoms with E-state index in [2.05, 4.69) is 24.5 Å². The van der Waals surface area contributed by atoms with Crippen molar-refractivity contribution in [2.24, 2.45) is 0 Å². The van der Waals surface area contributed by atoms with E-state index >= 15 is 0 Å². The molecule has 0 aliphatic carbocycles. The summed E-state index contributed by atoms with van der Waals surface area (Å²) in [5, 5.41) is 0. The first-order valence-corrected chi connectivity index (χ1v) is 14.1. The summed E-state index contributed by atoms with van der Waals surface area (Å²) < 4.78 is 25.9. The fourth-order valence-electron chi connectivity index (χ4n) is 3.75. The molecule has 232 valence electrons. The van der Waals surface area contributed by atoms with Crippen LogP contribution in [0.1, 0.15) is 24.8 Å². The molecule has 0 aliphatic heterocycles. The summed E-state index contributed by atoms with van der Waals surface area (Å²) in [7, 11) is 0. The van der Waals surface area contributed by atoms with Crippen LogP contribution in [0, 0.1) is 0 Å². The first-order chi connectivity index (χ1) is 21.8. The first kappa shape index (κ1) is 33.8. The lowest BCUT2D eigenvalue weighted by atomic mass is 10.0. The number of benzene rings is 3. The van der Waals surface area contributed by atoms with Crippen LogP contribution in [0.5, 0.6) is 17.2 Å². The molecular formula is C36H34O9. The summed E-state index contributed by atoms with van der Waals surface area (Å²) in [5.41, 5.74) is 3.24. The number of carbonyl (C=O) groups excluding carboxylic acids is 4. The summed E-state index contributed by atoms with van der Waals surface area (Å²) in [5.74, 6) is -1.33. The van der Waals surface area contributed by atoms with Gasteiger partial charge in [-0.3, -0.25) is 9.59 Å². The number of esters is 3. The van der Waals surface area contributed by atoms with Crippen molar-refractivity contribution in [3.05, 3.63) is 123 Å². The molecule has 0 aromatic heterocycles. The van der Waals surface area contributed by atoms with Crippen LogP contribution < -0.4 is 14.2 Å². The summed E-state index contributed by atoms with van der Waals surface area (Å²) in [6.45, 7) is 11.6. The molecule has 0 saturated heterocycles. The SMILES string of the molecule is C=COC(=O)CCOc1ccc(-c2ccc(C(=C)/C=C\C(=O)C(=O)Oc3ccc(OCCCCOC(=O)C=C)cc3)cc2)cc1. The number of ether oxygens (including phenoxy) is 5. The summed E-state index contributed by atoms with van der Waals surface area (Å²) in [4.78, 5) is 47.0. The van der Waals surface area contributed by atoms with Crippen molar-refractivity contribution >= 4 is 29.3 Å². The molecule has 0 aliphatic rings. The number of hydrogen-bond donors (Lipinski definition) is 0. The Bertz CT molecular complexity index is 1520. The first-order valence-electron chi connectivity index (χ1n) is 14.1. The minimum absolute atomic E-state index is 0.117. The molecule has 0 unspecified atom stereocenters. The monoisotopic (exact) mass is 610 g/mol. The molecule has 3 aromatic carbocycles. The van der Waals surface area contributed by atoms with E-state index in [0.29, 0.717) is 43.1 Å². The number of rotatable bonds is 18. The predicted molar refractivity (Wildman–Crippen MR) is 169 cm³/mol. The minimum atomic E-state index is -1.03. The molecule has 45 heavy (non-hydrogen) atoms. The van der Waals surface area contributed by atoms with Gasteiger partial charge in [0.2, 0.25) is 0 Å². The van der Waals surface area contributed by atoms with Gasteiger partial charge < -0.3 is 23.7 Å². The molecule has 0 spiro atoms. The van der Waals surface area contributed by atoms with Crippen molar-refractivity contribution in [3.8, 4) is 28.4 Å². The van der Waals surface area contributed by atoms with Crippen LogP contribution >= 0.6 is 0 Å². The zero-order valence-electron chi connectivity index (χ0n) is 24.8. The van der Waals surface area contributed by atoms with E-state index in [0.717, 1.165) is 35.1 Å². The van der Waals surface area contributed by atoms with Crippen molar-refractivity contribution in [2.75, 3.05) is 19.8 Å². The van der Waals surface area contributed by atoms with Gasteiger partial charge >= 0.3 is 17.9 Å². The van der Waals surface area contributed by atoms with Gasteiger partial charge in [0.15, 0.2) is 0 Å². The maximum atomic E-state index is 12.3. The average molecular weight is 611 g/mol. The van der Waals surface area contributed by atoms with Gasteiger partial charge in [-0.15, -0.1) is 0 Å². The molecule has 0 bridgehead atoms. The van der Waals surface area contributed by atoms with E-state index in [9.17, 15) is 19.2 Å². The fourth-order valence-corrected chi connectivity index (χ4v) is 3.75. The topological polar surface area (TPSA) is 114 Å². The Hall–Kier alpha value is -5.70. The zero-order valence-corrected chi connectivity index (χ0v) is 24.8. The molecule has 9 heteroatoms. The van der Waals surface area contributed by atoms with Crippen molar-refractivity contribution in [1.29, 1.82) is 0 Å². The molecule has 0 radical (unpaired) electrons. The van der Waals surface area contributed by atoms with Gasteiger partial charge in [-0.05, 0) is 77.6 Å². The van der Waals surface area contributed by atoms with Gasteiger partial charge in [-0.25, -0.2) is 9.59 Å². The van der Waals surface area contributed by atoms with Gasteiger partial charge in [0.25, 0.3) is 5.78 Å². The van der Waals surface area contributed by atoms with Gasteiger partial charge in [0.1, 0.15) is 17.2 Å². The van der Waals surface area contributed by atoms with Crippen molar-refractivity contribution in [2.45, 2.75) is 19.3 Å². The molecule has 0 heterocycles. The highest BCUT2D eigenvalue weighted by molar-refractivity contribution is 6.39. The average Bonchev–Trinajstić information content (AvgIpc) is 3.06. The lowest BCUT2D eigenvalue weighted by Gasteiger charge is -2.08. The highest BCUT2D eigenvalue weighted by Gasteiger charge is 2.14. The van der Waals surface area contributed by atoms with Crippen LogP contribution in [0.15, 0.2) is 117 Å². The Morgan fingerprint density at radius 2 is 1.22 bits per heavy atom. The summed E-state index contributed by atoms with van der Waals surface area (Å²) in [6.07, 6.45) is 6.23. The summed E-state index contributed by atoms with van der Waals surface area (Å²) >= 11 is 0. The van der Waals surface area contributed by atoms with Crippen LogP contribution in [0.25, 0.3) is 16.7 Å². The lowest BCUT2D eigenvalue weighted by Crippen LogP contribution is -2.18. The van der Waals surface area contributed by atoms with Crippen LogP contribution in [0.4, 0.5) is 0 Å². The van der Waals surface area contributed by atoms with E-state index in [1.165, 1.54) is 18.2 Å². The third-order valence-corrected chi connectivity index (χ3v) is 6.12. The van der Waals surface area contributed by atoms with E-state index in [-0.39, 0.29) is 18.8 Å². The van der Waals surface area contributed by atoms with E-state index in [4.69, 9.17) is 18.9 Å². The Balaban J connectivity index is 1.42. The molecule has 3 aromatic rings. The molecule has 0 atom stereocenters. The second kappa shape index (κ2) is 18.1. The smallest absolute Gasteiger partial charge is 0.384 e. The van der Waals surface area contributed by atoms with Gasteiger partial charge in [0.05, 0.1) is 32.5 Å². The molecular weight excluding hydrogens is 576 g/mol. The molecule has 3 rings (SSSR count). The van der Waals surface area contributed by atoms with Gasteiger partial charge in [-0.2, -0.15) is 0 Å². The summed E-state index contributed by atoms with van der Waals surface area (Å²) in [6, 6.07) is 21.3. The Morgan fingerprint density at radius 3 is 1.84 bits per heavy atom. The van der Waals surface area contributed by atoms with Crippen molar-refractivity contribution in [3.63, 3.8) is 0 Å². The number of ketones is 1. The third kappa shape index (κ3) is 11.8. The second-order valence-electron chi connectivity index (χ2n) is 9.37. The van der Waals surface area contributed by atoms with E-state index in [1.54, 1.807) is 12.1 Å². The second-order valence-corrected chi connectivity index (χ2v) is 9.37. The largest absolute Gasteiger partial charge is 0.494 e. The number of unbranched alkanes of at least 4 members (excludes halogenated alkanes) is 1.